The molecule has 2 N–H and O–H groups in total. The highest BCUT2D eigenvalue weighted by atomic mass is 16.2. The third-order valence-electron chi connectivity index (χ3n) is 5.55. The second kappa shape index (κ2) is 9.70. The summed E-state index contributed by atoms with van der Waals surface area (Å²) in [6.07, 6.45) is 8.77. The van der Waals surface area contributed by atoms with Gasteiger partial charge in [0.25, 0.3) is 0 Å². The average molecular weight is 365 g/mol. The lowest BCUT2D eigenvalue weighted by Crippen LogP contribution is -2.40. The van der Waals surface area contributed by atoms with E-state index < -0.39 is 0 Å². The molecule has 2 aromatic rings. The highest BCUT2D eigenvalue weighted by Gasteiger charge is 2.24. The topological polar surface area (TPSA) is 41.1 Å². The van der Waals surface area contributed by atoms with Crippen LogP contribution >= 0.6 is 0 Å². The summed E-state index contributed by atoms with van der Waals surface area (Å²) < 4.78 is 0. The normalized spacial score (nSPS) is 17.0. The van der Waals surface area contributed by atoms with Crippen molar-refractivity contribution in [3.05, 3.63) is 65.2 Å². The fraction of sp³-hybridized carbons (Fsp3) is 0.458. The fourth-order valence-electron chi connectivity index (χ4n) is 3.90. The zero-order valence-corrected chi connectivity index (χ0v) is 16.6. The number of carbonyl (C=O) groups is 1. The lowest BCUT2D eigenvalue weighted by Gasteiger charge is -2.27. The van der Waals surface area contributed by atoms with Crippen LogP contribution in [0.2, 0.25) is 0 Å². The predicted molar refractivity (Wildman–Crippen MR) is 113 cm³/mol. The first-order valence-electron chi connectivity index (χ1n) is 10.3. The van der Waals surface area contributed by atoms with Gasteiger partial charge in [0, 0.05) is 11.7 Å². The smallest absolute Gasteiger partial charge is 0.246 e. The highest BCUT2D eigenvalue weighted by molar-refractivity contribution is 5.96. The monoisotopic (exact) mass is 364 g/mol. The zero-order chi connectivity index (χ0) is 19.1. The Balaban J connectivity index is 1.78. The van der Waals surface area contributed by atoms with Crippen LogP contribution in [0.15, 0.2) is 48.5 Å². The maximum atomic E-state index is 13.2. The minimum Gasteiger partial charge on any atom is -0.324 e. The van der Waals surface area contributed by atoms with Crippen molar-refractivity contribution in [3.63, 3.8) is 0 Å². The van der Waals surface area contributed by atoms with E-state index in [-0.39, 0.29) is 11.9 Å². The Morgan fingerprint density at radius 3 is 2.30 bits per heavy atom. The van der Waals surface area contributed by atoms with Crippen LogP contribution in [0.5, 0.6) is 0 Å². The van der Waals surface area contributed by atoms with Crippen LogP contribution in [0.3, 0.4) is 0 Å². The van der Waals surface area contributed by atoms with E-state index in [1.165, 1.54) is 32.1 Å². The van der Waals surface area contributed by atoms with Crippen LogP contribution in [0, 0.1) is 13.8 Å². The number of hydrogen-bond donors (Lipinski definition) is 2. The van der Waals surface area contributed by atoms with Crippen molar-refractivity contribution >= 4 is 11.6 Å². The molecule has 1 saturated carbocycles. The molecule has 27 heavy (non-hydrogen) atoms. The van der Waals surface area contributed by atoms with Gasteiger partial charge in [0.1, 0.15) is 6.04 Å². The van der Waals surface area contributed by atoms with Gasteiger partial charge in [-0.2, -0.15) is 0 Å². The summed E-state index contributed by atoms with van der Waals surface area (Å²) in [7, 11) is 0. The molecule has 1 aliphatic carbocycles. The van der Waals surface area contributed by atoms with E-state index in [1.54, 1.807) is 0 Å². The first kappa shape index (κ1) is 19.6. The molecule has 0 saturated heterocycles. The molecule has 1 unspecified atom stereocenters. The molecule has 3 nitrogen and oxygen atoms in total. The third kappa shape index (κ3) is 5.67. The van der Waals surface area contributed by atoms with Crippen LogP contribution < -0.4 is 10.6 Å². The van der Waals surface area contributed by atoms with Crippen LogP contribution in [0.4, 0.5) is 5.69 Å². The second-order valence-electron chi connectivity index (χ2n) is 7.86. The minimum absolute atomic E-state index is 0.0250. The standard InChI is InChI=1S/C24H32N2O/c1-18-15-16-19(2)22(17-18)26-24(27)23(20-11-7-6-8-12-20)25-21-13-9-4-3-5-10-14-21/h6-8,11-12,15-17,21,23,25H,3-5,9-10,13-14H2,1-2H3,(H,26,27). The molecule has 0 bridgehead atoms. The molecule has 1 atom stereocenters. The van der Waals surface area contributed by atoms with Crippen LogP contribution in [0.1, 0.15) is 67.7 Å². The molecular weight excluding hydrogens is 332 g/mol. The first-order chi connectivity index (χ1) is 13.1. The van der Waals surface area contributed by atoms with Crippen molar-refractivity contribution in [1.29, 1.82) is 0 Å². The van der Waals surface area contributed by atoms with Crippen molar-refractivity contribution in [2.45, 2.75) is 70.9 Å². The lowest BCUT2D eigenvalue weighted by atomic mass is 9.95. The van der Waals surface area contributed by atoms with E-state index in [0.717, 1.165) is 35.2 Å². The van der Waals surface area contributed by atoms with E-state index in [1.807, 2.05) is 43.3 Å². The number of amides is 1. The first-order valence-corrected chi connectivity index (χ1v) is 10.3. The van der Waals surface area contributed by atoms with Crippen molar-refractivity contribution < 1.29 is 4.79 Å². The van der Waals surface area contributed by atoms with Crippen molar-refractivity contribution in [2.75, 3.05) is 5.32 Å². The summed E-state index contributed by atoms with van der Waals surface area (Å²) in [5.74, 6) is 0.0250. The van der Waals surface area contributed by atoms with Gasteiger partial charge < -0.3 is 5.32 Å². The van der Waals surface area contributed by atoms with E-state index in [0.29, 0.717) is 6.04 Å². The Labute approximate surface area is 163 Å². The second-order valence-corrected chi connectivity index (χ2v) is 7.86. The van der Waals surface area contributed by atoms with Crippen molar-refractivity contribution in [1.82, 2.24) is 5.32 Å². The van der Waals surface area contributed by atoms with Gasteiger partial charge in [-0.1, -0.05) is 74.6 Å². The number of carbonyl (C=O) groups excluding carboxylic acids is 1. The van der Waals surface area contributed by atoms with Gasteiger partial charge >= 0.3 is 0 Å². The predicted octanol–water partition coefficient (Wildman–Crippen LogP) is 5.69. The van der Waals surface area contributed by atoms with Gasteiger partial charge in [-0.3, -0.25) is 10.1 Å². The molecule has 1 amide bonds. The summed E-state index contributed by atoms with van der Waals surface area (Å²) in [5.41, 5.74) is 4.18. The summed E-state index contributed by atoms with van der Waals surface area (Å²) >= 11 is 0. The molecule has 1 fully saturated rings. The molecule has 1 aliphatic rings. The van der Waals surface area contributed by atoms with Crippen molar-refractivity contribution in [2.24, 2.45) is 0 Å². The van der Waals surface area contributed by atoms with Crippen LogP contribution in [-0.4, -0.2) is 11.9 Å². The molecule has 0 heterocycles. The van der Waals surface area contributed by atoms with Crippen LogP contribution in [-0.2, 0) is 4.79 Å². The summed E-state index contributed by atoms with van der Waals surface area (Å²) in [6, 6.07) is 16.4. The maximum Gasteiger partial charge on any atom is 0.246 e. The van der Waals surface area contributed by atoms with E-state index in [2.05, 4.69) is 29.7 Å². The van der Waals surface area contributed by atoms with Gasteiger partial charge in [-0.05, 0) is 49.4 Å². The molecule has 144 valence electrons. The fourth-order valence-corrected chi connectivity index (χ4v) is 3.90. The summed E-state index contributed by atoms with van der Waals surface area (Å²) in [4.78, 5) is 13.2. The summed E-state index contributed by atoms with van der Waals surface area (Å²) in [5, 5.41) is 6.85. The lowest BCUT2D eigenvalue weighted by molar-refractivity contribution is -0.118. The number of benzene rings is 2. The number of rotatable bonds is 5. The van der Waals surface area contributed by atoms with Crippen molar-refractivity contribution in [3.8, 4) is 0 Å². The zero-order valence-electron chi connectivity index (χ0n) is 16.6. The number of hydrogen-bond acceptors (Lipinski definition) is 2. The number of aryl methyl sites for hydroxylation is 2. The average Bonchev–Trinajstić information content (AvgIpc) is 2.64. The molecule has 3 rings (SSSR count). The van der Waals surface area contributed by atoms with E-state index in [4.69, 9.17) is 0 Å². The Bertz CT molecular complexity index is 733. The number of nitrogens with one attached hydrogen (secondary N) is 2. The minimum atomic E-state index is -0.324. The SMILES string of the molecule is Cc1ccc(C)c(NC(=O)C(NC2CCCCCCC2)c2ccccc2)c1. The van der Waals surface area contributed by atoms with Gasteiger partial charge in [-0.15, -0.1) is 0 Å². The van der Waals surface area contributed by atoms with E-state index >= 15 is 0 Å². The molecule has 0 aromatic heterocycles. The van der Waals surface area contributed by atoms with Gasteiger partial charge in [-0.25, -0.2) is 0 Å². The quantitative estimate of drug-likeness (QED) is 0.716. The Hall–Kier alpha value is -2.13. The van der Waals surface area contributed by atoms with Gasteiger partial charge in [0.2, 0.25) is 5.91 Å². The largest absolute Gasteiger partial charge is 0.324 e. The Morgan fingerprint density at radius 1 is 0.926 bits per heavy atom. The number of anilines is 1. The van der Waals surface area contributed by atoms with Crippen LogP contribution in [0.25, 0.3) is 0 Å². The molecule has 0 radical (unpaired) electrons. The van der Waals surface area contributed by atoms with Gasteiger partial charge in [0.05, 0.1) is 0 Å². The third-order valence-corrected chi connectivity index (χ3v) is 5.55. The molecule has 3 heteroatoms. The van der Waals surface area contributed by atoms with Gasteiger partial charge in [0.15, 0.2) is 0 Å². The Kier molecular flexibility index (Phi) is 7.05. The Morgan fingerprint density at radius 2 is 1.59 bits per heavy atom. The molecule has 2 aromatic carbocycles. The summed E-state index contributed by atoms with van der Waals surface area (Å²) in [6.45, 7) is 4.09. The maximum absolute atomic E-state index is 13.2. The molecule has 0 aliphatic heterocycles. The molecule has 0 spiro atoms. The highest BCUT2D eigenvalue weighted by Crippen LogP contribution is 2.23. The van der Waals surface area contributed by atoms with E-state index in [9.17, 15) is 4.79 Å². The molecular formula is C24H32N2O.